The Kier molecular flexibility index (Phi) is 4.99. The third kappa shape index (κ3) is 3.62. The number of hydrogen-bond acceptors (Lipinski definition) is 3. The summed E-state index contributed by atoms with van der Waals surface area (Å²) in [5, 5.41) is 11.2. The van der Waals surface area contributed by atoms with E-state index in [2.05, 4.69) is 0 Å². The molecule has 0 radical (unpaired) electrons. The maximum Gasteiger partial charge on any atom is 0.311 e. The van der Waals surface area contributed by atoms with Crippen LogP contribution in [0.5, 0.6) is 0 Å². The highest BCUT2D eigenvalue weighted by molar-refractivity contribution is 7.65. The molecule has 0 bridgehead atoms. The molecular formula is C15H17O4PS. The van der Waals surface area contributed by atoms with Gasteiger partial charge in [-0.3, -0.25) is 9.36 Å². The second-order valence-corrected chi connectivity index (χ2v) is 7.96. The Hall–Kier alpha value is -1.42. The third-order valence-corrected chi connectivity index (χ3v) is 6.43. The van der Waals surface area contributed by atoms with Gasteiger partial charge < -0.3 is 10.00 Å². The van der Waals surface area contributed by atoms with Gasteiger partial charge in [0.05, 0.1) is 17.4 Å². The number of aliphatic carboxylic acids is 1. The fourth-order valence-electron chi connectivity index (χ4n) is 2.25. The van der Waals surface area contributed by atoms with Crippen molar-refractivity contribution in [3.63, 3.8) is 0 Å². The van der Waals surface area contributed by atoms with Crippen LogP contribution in [0.3, 0.4) is 0 Å². The maximum absolute atomic E-state index is 12.7. The van der Waals surface area contributed by atoms with Gasteiger partial charge in [-0.2, -0.15) is 0 Å². The zero-order valence-electron chi connectivity index (χ0n) is 11.6. The first-order chi connectivity index (χ1) is 9.95. The molecule has 0 amide bonds. The summed E-state index contributed by atoms with van der Waals surface area (Å²) in [6.07, 6.45) is 0.418. The highest BCUT2D eigenvalue weighted by Crippen LogP contribution is 2.46. The third-order valence-electron chi connectivity index (χ3n) is 3.31. The van der Waals surface area contributed by atoms with E-state index in [9.17, 15) is 19.4 Å². The predicted octanol–water partition coefficient (Wildman–Crippen LogP) is 3.42. The average molecular weight is 324 g/mol. The molecule has 2 N–H and O–H groups in total. The standard InChI is InChI=1S/C15H17O4PS/c1-2-12(15(16)17)14-13(8-9-21-14)20(18,19)10-11-6-4-3-5-7-11/h3-9,12H,2,10H2,1H3,(H,16,17)(H,18,19). The van der Waals surface area contributed by atoms with Gasteiger partial charge in [0.2, 0.25) is 7.37 Å². The maximum atomic E-state index is 12.7. The van der Waals surface area contributed by atoms with Crippen LogP contribution in [0.15, 0.2) is 41.8 Å². The van der Waals surface area contributed by atoms with E-state index in [1.165, 1.54) is 11.3 Å². The van der Waals surface area contributed by atoms with Crippen LogP contribution >= 0.6 is 18.7 Å². The van der Waals surface area contributed by atoms with Gasteiger partial charge in [-0.25, -0.2) is 0 Å². The average Bonchev–Trinajstić information content (AvgIpc) is 2.90. The molecule has 0 saturated heterocycles. The molecule has 2 aromatic rings. The highest BCUT2D eigenvalue weighted by Gasteiger charge is 2.31. The quantitative estimate of drug-likeness (QED) is 0.798. The molecule has 0 spiro atoms. The van der Waals surface area contributed by atoms with Crippen molar-refractivity contribution in [2.45, 2.75) is 25.4 Å². The van der Waals surface area contributed by atoms with Crippen molar-refractivity contribution >= 4 is 30.0 Å². The van der Waals surface area contributed by atoms with Gasteiger partial charge in [0, 0.05) is 4.88 Å². The largest absolute Gasteiger partial charge is 0.481 e. The van der Waals surface area contributed by atoms with Gasteiger partial charge in [0.1, 0.15) is 0 Å². The molecule has 0 aliphatic carbocycles. The van der Waals surface area contributed by atoms with Gasteiger partial charge in [-0.1, -0.05) is 37.3 Å². The van der Waals surface area contributed by atoms with Gasteiger partial charge in [-0.15, -0.1) is 11.3 Å². The van der Waals surface area contributed by atoms with E-state index >= 15 is 0 Å². The van der Waals surface area contributed by atoms with Crippen molar-refractivity contribution in [1.82, 2.24) is 0 Å². The van der Waals surface area contributed by atoms with Crippen molar-refractivity contribution in [1.29, 1.82) is 0 Å². The number of rotatable bonds is 6. The molecule has 21 heavy (non-hydrogen) atoms. The second-order valence-electron chi connectivity index (χ2n) is 4.81. The van der Waals surface area contributed by atoms with Crippen molar-refractivity contribution in [3.8, 4) is 0 Å². The molecule has 1 heterocycles. The molecule has 1 aromatic heterocycles. The summed E-state index contributed by atoms with van der Waals surface area (Å²) in [5.74, 6) is -1.68. The predicted molar refractivity (Wildman–Crippen MR) is 84.6 cm³/mol. The highest BCUT2D eigenvalue weighted by atomic mass is 32.1. The molecule has 0 aliphatic rings. The Morgan fingerprint density at radius 1 is 1.29 bits per heavy atom. The monoisotopic (exact) mass is 324 g/mol. The number of thiophene rings is 1. The summed E-state index contributed by atoms with van der Waals surface area (Å²) < 4.78 is 12.7. The summed E-state index contributed by atoms with van der Waals surface area (Å²) in [7, 11) is -3.62. The van der Waals surface area contributed by atoms with E-state index in [1.807, 2.05) is 18.2 Å². The molecule has 2 rings (SSSR count). The van der Waals surface area contributed by atoms with Crippen LogP contribution in [-0.4, -0.2) is 16.0 Å². The lowest BCUT2D eigenvalue weighted by Gasteiger charge is -2.16. The number of hydrogen-bond donors (Lipinski definition) is 2. The lowest BCUT2D eigenvalue weighted by Crippen LogP contribution is -2.17. The summed E-state index contributed by atoms with van der Waals surface area (Å²) in [4.78, 5) is 22.2. The number of carboxylic acid groups (broad SMARTS) is 1. The van der Waals surface area contributed by atoms with E-state index in [0.717, 1.165) is 5.56 Å². The Labute approximate surface area is 127 Å². The topological polar surface area (TPSA) is 74.6 Å². The van der Waals surface area contributed by atoms with Crippen LogP contribution in [0, 0.1) is 0 Å². The zero-order valence-corrected chi connectivity index (χ0v) is 13.3. The molecule has 4 nitrogen and oxygen atoms in total. The van der Waals surface area contributed by atoms with E-state index in [-0.39, 0.29) is 11.5 Å². The van der Waals surface area contributed by atoms with E-state index in [4.69, 9.17) is 0 Å². The van der Waals surface area contributed by atoms with Gasteiger partial charge in [0.15, 0.2) is 0 Å². The number of carboxylic acids is 1. The molecule has 6 heteroatoms. The summed E-state index contributed by atoms with van der Waals surface area (Å²) in [5.41, 5.74) is 0.767. The van der Waals surface area contributed by atoms with Gasteiger partial charge in [0.25, 0.3) is 0 Å². The molecule has 1 aromatic carbocycles. The molecule has 2 unspecified atom stereocenters. The van der Waals surface area contributed by atoms with Crippen molar-refractivity contribution < 1.29 is 19.4 Å². The Morgan fingerprint density at radius 2 is 1.95 bits per heavy atom. The van der Waals surface area contributed by atoms with Crippen molar-refractivity contribution in [2.75, 3.05) is 0 Å². The zero-order chi connectivity index (χ0) is 15.5. The Bertz CT molecular complexity index is 665. The van der Waals surface area contributed by atoms with Crippen molar-refractivity contribution in [3.05, 3.63) is 52.2 Å². The summed E-state index contributed by atoms with van der Waals surface area (Å²) in [6, 6.07) is 10.6. The first kappa shape index (κ1) is 16.0. The number of carbonyl (C=O) groups is 1. The fourth-order valence-corrected chi connectivity index (χ4v) is 5.59. The van der Waals surface area contributed by atoms with Crippen LogP contribution < -0.4 is 5.30 Å². The lowest BCUT2D eigenvalue weighted by atomic mass is 10.1. The normalized spacial score (nSPS) is 15.3. The van der Waals surface area contributed by atoms with E-state index in [1.54, 1.807) is 30.5 Å². The van der Waals surface area contributed by atoms with Crippen LogP contribution in [0.25, 0.3) is 0 Å². The molecular weight excluding hydrogens is 307 g/mol. The fraction of sp³-hybridized carbons (Fsp3) is 0.267. The van der Waals surface area contributed by atoms with Crippen LogP contribution in [0.4, 0.5) is 0 Å². The number of benzene rings is 1. The minimum atomic E-state index is -3.62. The molecule has 0 saturated carbocycles. The molecule has 0 aliphatic heterocycles. The van der Waals surface area contributed by atoms with Crippen LogP contribution in [-0.2, 0) is 15.5 Å². The summed E-state index contributed by atoms with van der Waals surface area (Å²) in [6.45, 7) is 1.77. The SMILES string of the molecule is CCC(C(=O)O)c1sccc1P(=O)(O)Cc1ccccc1. The first-order valence-corrected chi connectivity index (χ1v) is 9.34. The van der Waals surface area contributed by atoms with Crippen LogP contribution in [0.2, 0.25) is 0 Å². The summed E-state index contributed by atoms with van der Waals surface area (Å²) >= 11 is 1.23. The minimum absolute atomic E-state index is 0.0215. The first-order valence-electron chi connectivity index (χ1n) is 6.62. The Balaban J connectivity index is 2.35. The molecule has 0 fully saturated rings. The van der Waals surface area contributed by atoms with E-state index in [0.29, 0.717) is 11.3 Å². The minimum Gasteiger partial charge on any atom is -0.481 e. The Morgan fingerprint density at radius 3 is 2.52 bits per heavy atom. The lowest BCUT2D eigenvalue weighted by molar-refractivity contribution is -0.138. The van der Waals surface area contributed by atoms with Gasteiger partial charge >= 0.3 is 5.97 Å². The molecule has 2 atom stereocenters. The smallest absolute Gasteiger partial charge is 0.311 e. The van der Waals surface area contributed by atoms with Gasteiger partial charge in [-0.05, 0) is 23.4 Å². The second kappa shape index (κ2) is 6.56. The van der Waals surface area contributed by atoms with Crippen molar-refractivity contribution in [2.24, 2.45) is 0 Å². The van der Waals surface area contributed by atoms with Crippen LogP contribution in [0.1, 0.15) is 29.7 Å². The van der Waals surface area contributed by atoms with E-state index < -0.39 is 19.3 Å². The molecule has 112 valence electrons.